The summed E-state index contributed by atoms with van der Waals surface area (Å²) in [6.45, 7) is 6.20. The van der Waals surface area contributed by atoms with Gasteiger partial charge >= 0.3 is 12.0 Å². The van der Waals surface area contributed by atoms with Crippen LogP contribution in [0.25, 0.3) is 0 Å². The highest BCUT2D eigenvalue weighted by Crippen LogP contribution is 2.22. The molecule has 23 heavy (non-hydrogen) atoms. The van der Waals surface area contributed by atoms with E-state index in [1.807, 2.05) is 19.2 Å². The van der Waals surface area contributed by atoms with Crippen LogP contribution in [-0.2, 0) is 16.1 Å². The van der Waals surface area contributed by atoms with Crippen molar-refractivity contribution in [3.8, 4) is 0 Å². The SMILES string of the molecule is COC(=O)C(NC(=O)N(C)Cc1csc(C(C)CBr)n1)C(C)C. The van der Waals surface area contributed by atoms with E-state index in [1.54, 1.807) is 18.4 Å². The number of amides is 2. The zero-order valence-corrected chi connectivity index (χ0v) is 16.5. The van der Waals surface area contributed by atoms with Crippen molar-refractivity contribution in [2.24, 2.45) is 5.92 Å². The molecule has 0 fully saturated rings. The minimum absolute atomic E-state index is 0.0505. The quantitative estimate of drug-likeness (QED) is 0.558. The average Bonchev–Trinajstić information content (AvgIpc) is 2.98. The van der Waals surface area contributed by atoms with Gasteiger partial charge in [0.05, 0.1) is 24.4 Å². The Labute approximate surface area is 149 Å². The number of carbonyl (C=O) groups excluding carboxylic acids is 2. The van der Waals surface area contributed by atoms with Gasteiger partial charge in [-0.15, -0.1) is 11.3 Å². The molecule has 0 aliphatic heterocycles. The van der Waals surface area contributed by atoms with Crippen molar-refractivity contribution in [3.05, 3.63) is 16.1 Å². The molecule has 0 bridgehead atoms. The van der Waals surface area contributed by atoms with Crippen LogP contribution >= 0.6 is 27.3 Å². The van der Waals surface area contributed by atoms with Gasteiger partial charge in [0, 0.05) is 23.7 Å². The van der Waals surface area contributed by atoms with Crippen LogP contribution in [0.15, 0.2) is 5.38 Å². The molecule has 130 valence electrons. The number of ether oxygens (including phenoxy) is 1. The van der Waals surface area contributed by atoms with Gasteiger partial charge in [-0.1, -0.05) is 36.7 Å². The highest BCUT2D eigenvalue weighted by atomic mass is 79.9. The predicted octanol–water partition coefficient (Wildman–Crippen LogP) is 2.98. The summed E-state index contributed by atoms with van der Waals surface area (Å²) in [6, 6.07) is -0.980. The van der Waals surface area contributed by atoms with E-state index in [9.17, 15) is 9.59 Å². The van der Waals surface area contributed by atoms with Gasteiger partial charge in [0.1, 0.15) is 6.04 Å². The topological polar surface area (TPSA) is 71.5 Å². The van der Waals surface area contributed by atoms with Crippen LogP contribution in [0.1, 0.15) is 37.4 Å². The smallest absolute Gasteiger partial charge is 0.328 e. The third-order valence-corrected chi connectivity index (χ3v) is 5.47. The lowest BCUT2D eigenvalue weighted by atomic mass is 10.1. The highest BCUT2D eigenvalue weighted by Gasteiger charge is 2.26. The number of hydrogen-bond acceptors (Lipinski definition) is 5. The van der Waals surface area contributed by atoms with Crippen LogP contribution in [0.3, 0.4) is 0 Å². The lowest BCUT2D eigenvalue weighted by molar-refractivity contribution is -0.144. The van der Waals surface area contributed by atoms with Gasteiger partial charge in [-0.05, 0) is 5.92 Å². The molecule has 1 aromatic rings. The molecule has 1 N–H and O–H groups in total. The van der Waals surface area contributed by atoms with Gasteiger partial charge in [0.25, 0.3) is 0 Å². The van der Waals surface area contributed by atoms with Crippen molar-refractivity contribution in [1.29, 1.82) is 0 Å². The summed E-state index contributed by atoms with van der Waals surface area (Å²) in [4.78, 5) is 30.0. The molecule has 1 heterocycles. The molecule has 0 saturated carbocycles. The molecule has 1 rings (SSSR count). The summed E-state index contributed by atoms with van der Waals surface area (Å²) in [5.74, 6) is -0.146. The largest absolute Gasteiger partial charge is 0.467 e. The van der Waals surface area contributed by atoms with Gasteiger partial charge in [-0.25, -0.2) is 14.6 Å². The first kappa shape index (κ1) is 19.9. The standard InChI is InChI=1S/C15H24BrN3O3S/c1-9(2)12(14(20)22-5)18-15(21)19(4)7-11-8-23-13(17-11)10(3)6-16/h8-10,12H,6-7H2,1-5H3,(H,18,21). The Bertz CT molecular complexity index is 536. The van der Waals surface area contributed by atoms with Crippen LogP contribution in [0, 0.1) is 5.92 Å². The molecule has 0 radical (unpaired) electrons. The zero-order chi connectivity index (χ0) is 17.6. The number of esters is 1. The number of hydrogen-bond donors (Lipinski definition) is 1. The van der Waals surface area contributed by atoms with E-state index < -0.39 is 12.0 Å². The van der Waals surface area contributed by atoms with E-state index in [-0.39, 0.29) is 11.9 Å². The first-order valence-corrected chi connectivity index (χ1v) is 9.39. The minimum atomic E-state index is -0.658. The number of methoxy groups -OCH3 is 1. The van der Waals surface area contributed by atoms with Crippen molar-refractivity contribution in [1.82, 2.24) is 15.2 Å². The number of rotatable bonds is 7. The maximum Gasteiger partial charge on any atom is 0.328 e. The third kappa shape index (κ3) is 5.76. The van der Waals surface area contributed by atoms with E-state index in [0.29, 0.717) is 12.5 Å². The average molecular weight is 406 g/mol. The fourth-order valence-electron chi connectivity index (χ4n) is 1.87. The van der Waals surface area contributed by atoms with E-state index >= 15 is 0 Å². The summed E-state index contributed by atoms with van der Waals surface area (Å²) in [7, 11) is 2.99. The molecule has 0 aliphatic carbocycles. The van der Waals surface area contributed by atoms with Crippen molar-refractivity contribution >= 4 is 39.3 Å². The molecular formula is C15H24BrN3O3S. The number of halogens is 1. The summed E-state index contributed by atoms with van der Waals surface area (Å²) < 4.78 is 4.73. The summed E-state index contributed by atoms with van der Waals surface area (Å²) in [5.41, 5.74) is 0.842. The molecule has 6 nitrogen and oxygen atoms in total. The Morgan fingerprint density at radius 2 is 2.09 bits per heavy atom. The number of carbonyl (C=O) groups is 2. The molecule has 8 heteroatoms. The number of nitrogens with one attached hydrogen (secondary N) is 1. The second-order valence-electron chi connectivity index (χ2n) is 5.78. The van der Waals surface area contributed by atoms with E-state index in [0.717, 1.165) is 16.0 Å². The molecule has 0 aromatic carbocycles. The molecule has 2 atom stereocenters. The van der Waals surface area contributed by atoms with Gasteiger partial charge in [0.15, 0.2) is 0 Å². The van der Waals surface area contributed by atoms with E-state index in [1.165, 1.54) is 12.0 Å². The number of alkyl halides is 1. The summed E-state index contributed by atoms with van der Waals surface area (Å²) in [5, 5.41) is 6.56. The first-order chi connectivity index (χ1) is 10.8. The maximum absolute atomic E-state index is 12.3. The van der Waals surface area contributed by atoms with Gasteiger partial charge in [-0.3, -0.25) is 0 Å². The first-order valence-electron chi connectivity index (χ1n) is 7.39. The lowest BCUT2D eigenvalue weighted by Gasteiger charge is -2.23. The fourth-order valence-corrected chi connectivity index (χ4v) is 3.26. The maximum atomic E-state index is 12.3. The Morgan fingerprint density at radius 1 is 1.43 bits per heavy atom. The normalized spacial score (nSPS) is 13.5. The molecule has 2 unspecified atom stereocenters. The second-order valence-corrected chi connectivity index (χ2v) is 7.32. The van der Waals surface area contributed by atoms with Gasteiger partial charge < -0.3 is 15.0 Å². The van der Waals surface area contributed by atoms with Crippen molar-refractivity contribution in [3.63, 3.8) is 0 Å². The second kappa shape index (κ2) is 9.22. The molecule has 0 saturated heterocycles. The highest BCUT2D eigenvalue weighted by molar-refractivity contribution is 9.09. The third-order valence-electron chi connectivity index (χ3n) is 3.37. The summed E-state index contributed by atoms with van der Waals surface area (Å²) >= 11 is 5.03. The Hall–Kier alpha value is -1.15. The van der Waals surface area contributed by atoms with Crippen molar-refractivity contribution < 1.29 is 14.3 Å². The summed E-state index contributed by atoms with van der Waals surface area (Å²) in [6.07, 6.45) is 0. The van der Waals surface area contributed by atoms with Crippen LogP contribution in [0.4, 0.5) is 4.79 Å². The van der Waals surface area contributed by atoms with Crippen LogP contribution in [-0.4, -0.2) is 47.4 Å². The number of nitrogens with zero attached hydrogens (tertiary/aromatic N) is 2. The predicted molar refractivity (Wildman–Crippen MR) is 95.0 cm³/mol. The lowest BCUT2D eigenvalue weighted by Crippen LogP contribution is -2.49. The number of thiazole rings is 1. The zero-order valence-electron chi connectivity index (χ0n) is 14.1. The number of aromatic nitrogens is 1. The van der Waals surface area contributed by atoms with E-state index in [2.05, 4.69) is 33.2 Å². The number of urea groups is 1. The molecule has 0 spiro atoms. The van der Waals surface area contributed by atoms with E-state index in [4.69, 9.17) is 4.74 Å². The van der Waals surface area contributed by atoms with Gasteiger partial charge in [0.2, 0.25) is 0 Å². The minimum Gasteiger partial charge on any atom is -0.467 e. The fraction of sp³-hybridized carbons (Fsp3) is 0.667. The Balaban J connectivity index is 2.66. The van der Waals surface area contributed by atoms with Crippen molar-refractivity contribution in [2.45, 2.75) is 39.3 Å². The monoisotopic (exact) mass is 405 g/mol. The molecule has 1 aromatic heterocycles. The Kier molecular flexibility index (Phi) is 7.98. The van der Waals surface area contributed by atoms with Gasteiger partial charge in [-0.2, -0.15) is 0 Å². The van der Waals surface area contributed by atoms with Crippen molar-refractivity contribution in [2.75, 3.05) is 19.5 Å². The van der Waals surface area contributed by atoms with Crippen LogP contribution < -0.4 is 5.32 Å². The molecule has 0 aliphatic rings. The molecule has 2 amide bonds. The molecular weight excluding hydrogens is 382 g/mol. The Morgan fingerprint density at radius 3 is 2.61 bits per heavy atom. The van der Waals surface area contributed by atoms with Crippen LogP contribution in [0.2, 0.25) is 0 Å². The van der Waals surface area contributed by atoms with Crippen LogP contribution in [0.5, 0.6) is 0 Å².